The minimum Gasteiger partial charge on any atom is -0.352 e. The highest BCUT2D eigenvalue weighted by molar-refractivity contribution is 7.80. The third-order valence-corrected chi connectivity index (χ3v) is 7.48. The third-order valence-electron chi connectivity index (χ3n) is 7.11. The number of likely N-dealkylation sites (tertiary alicyclic amines) is 1. The summed E-state index contributed by atoms with van der Waals surface area (Å²) in [6, 6.07) is 29.0. The summed E-state index contributed by atoms with van der Waals surface area (Å²) in [4.78, 5) is 15.6. The zero-order valence-electron chi connectivity index (χ0n) is 20.4. The second kappa shape index (κ2) is 11.1. The van der Waals surface area contributed by atoms with Crippen LogP contribution in [0.3, 0.4) is 0 Å². The number of benzene rings is 3. The smallest absolute Gasteiger partial charge is 0.329 e. The molecule has 0 atom stereocenters. The van der Waals surface area contributed by atoms with Crippen molar-refractivity contribution in [2.75, 3.05) is 19.6 Å². The van der Waals surface area contributed by atoms with Crippen LogP contribution in [0, 0.1) is 0 Å². The summed E-state index contributed by atoms with van der Waals surface area (Å²) >= 11 is 5.89. The Hall–Kier alpha value is -3.42. The topological polar surface area (TPSA) is 68.2 Å². The average molecular weight is 500 g/mol. The predicted molar refractivity (Wildman–Crippen MR) is 150 cm³/mol. The van der Waals surface area contributed by atoms with E-state index in [1.807, 2.05) is 39.5 Å². The number of nitrogens with two attached hydrogens (primary N) is 1. The first kappa shape index (κ1) is 24.3. The molecule has 1 aliphatic heterocycles. The Morgan fingerprint density at radius 3 is 2.03 bits per heavy atom. The first-order valence-corrected chi connectivity index (χ1v) is 13.1. The van der Waals surface area contributed by atoms with Crippen LogP contribution < -0.4 is 16.7 Å². The summed E-state index contributed by atoms with van der Waals surface area (Å²) in [5.74, 6) is 0. The number of nitrogens with one attached hydrogen (secondary N) is 1. The number of rotatable bonds is 7. The highest BCUT2D eigenvalue weighted by Crippen LogP contribution is 2.27. The molecule has 0 saturated carbocycles. The highest BCUT2D eigenvalue weighted by atomic mass is 32.1. The molecule has 4 aromatic rings. The van der Waals surface area contributed by atoms with E-state index in [4.69, 9.17) is 18.0 Å². The van der Waals surface area contributed by atoms with Crippen LogP contribution in [0.15, 0.2) is 89.7 Å². The van der Waals surface area contributed by atoms with E-state index < -0.39 is 0 Å². The Morgan fingerprint density at radius 1 is 0.889 bits per heavy atom. The van der Waals surface area contributed by atoms with Gasteiger partial charge in [0.25, 0.3) is 0 Å². The number of thiocarbonyl (C=S) groups is 1. The molecule has 6 nitrogen and oxygen atoms in total. The number of aryl methyl sites for hydroxylation is 1. The molecule has 2 heterocycles. The van der Waals surface area contributed by atoms with E-state index in [0.29, 0.717) is 13.1 Å². The Morgan fingerprint density at radius 2 is 1.44 bits per heavy atom. The van der Waals surface area contributed by atoms with E-state index >= 15 is 0 Å². The van der Waals surface area contributed by atoms with E-state index in [1.54, 1.807) is 0 Å². The Labute approximate surface area is 217 Å². The van der Waals surface area contributed by atoms with Crippen LogP contribution in [-0.2, 0) is 6.54 Å². The Kier molecular flexibility index (Phi) is 7.49. The number of imidazole rings is 1. The molecule has 5 rings (SSSR count). The lowest BCUT2D eigenvalue weighted by molar-refractivity contribution is 0.262. The van der Waals surface area contributed by atoms with Gasteiger partial charge in [0, 0.05) is 25.7 Å². The number of aromatic nitrogens is 2. The minimum absolute atomic E-state index is 0.0132. The fourth-order valence-electron chi connectivity index (χ4n) is 5.24. The lowest BCUT2D eigenvalue weighted by Gasteiger charge is -2.35. The van der Waals surface area contributed by atoms with Gasteiger partial charge in [0.15, 0.2) is 5.11 Å². The fraction of sp³-hybridized carbons (Fsp3) is 0.310. The van der Waals surface area contributed by atoms with Gasteiger partial charge < -0.3 is 16.0 Å². The lowest BCUT2D eigenvalue weighted by atomic mass is 9.99. The molecule has 3 aromatic carbocycles. The maximum Gasteiger partial charge on any atom is 0.329 e. The molecule has 186 valence electrons. The van der Waals surface area contributed by atoms with E-state index in [0.717, 1.165) is 48.5 Å². The molecule has 0 bridgehead atoms. The minimum atomic E-state index is -0.0132. The summed E-state index contributed by atoms with van der Waals surface area (Å²) in [6.45, 7) is 2.83. The third kappa shape index (κ3) is 4.94. The quantitative estimate of drug-likeness (QED) is 0.368. The highest BCUT2D eigenvalue weighted by Gasteiger charge is 2.27. The SMILES string of the molecule is NCCCn1c(=O)n(C2CCN(C(=S)NC(c3ccccc3)c3ccccc3)CC2)c2ccccc21. The number of fused-ring (bicyclic) bond motifs is 1. The maximum absolute atomic E-state index is 13.4. The van der Waals surface area contributed by atoms with Crippen LogP contribution in [0.2, 0.25) is 0 Å². The lowest BCUT2D eigenvalue weighted by Crippen LogP contribution is -2.46. The molecule has 1 saturated heterocycles. The number of nitrogens with zero attached hydrogens (tertiary/aromatic N) is 3. The van der Waals surface area contributed by atoms with Crippen LogP contribution in [0.5, 0.6) is 0 Å². The Balaban J connectivity index is 1.32. The van der Waals surface area contributed by atoms with Crippen LogP contribution in [-0.4, -0.2) is 38.8 Å². The molecular formula is C29H33N5OS. The molecular weight excluding hydrogens is 466 g/mol. The van der Waals surface area contributed by atoms with Crippen molar-refractivity contribution in [2.45, 2.75) is 37.9 Å². The summed E-state index contributed by atoms with van der Waals surface area (Å²) in [5, 5.41) is 4.37. The Bertz CT molecular complexity index is 1320. The number of hydrogen-bond donors (Lipinski definition) is 2. The summed E-state index contributed by atoms with van der Waals surface area (Å²) in [7, 11) is 0. The maximum atomic E-state index is 13.4. The van der Waals surface area contributed by atoms with Crippen molar-refractivity contribution in [3.63, 3.8) is 0 Å². The summed E-state index contributed by atoms with van der Waals surface area (Å²) < 4.78 is 3.88. The summed E-state index contributed by atoms with van der Waals surface area (Å²) in [6.07, 6.45) is 2.53. The van der Waals surface area contributed by atoms with Gasteiger partial charge in [-0.05, 0) is 61.3 Å². The van der Waals surface area contributed by atoms with Gasteiger partial charge >= 0.3 is 5.69 Å². The van der Waals surface area contributed by atoms with Crippen LogP contribution in [0.25, 0.3) is 11.0 Å². The van der Waals surface area contributed by atoms with Crippen molar-refractivity contribution in [3.8, 4) is 0 Å². The average Bonchev–Trinajstić information content (AvgIpc) is 3.22. The van der Waals surface area contributed by atoms with Gasteiger partial charge in [-0.3, -0.25) is 9.13 Å². The zero-order chi connectivity index (χ0) is 24.9. The normalized spacial score (nSPS) is 14.4. The summed E-state index contributed by atoms with van der Waals surface area (Å²) in [5.41, 5.74) is 10.1. The second-order valence-corrected chi connectivity index (χ2v) is 9.74. The van der Waals surface area contributed by atoms with E-state index in [1.165, 1.54) is 11.1 Å². The van der Waals surface area contributed by atoms with Gasteiger partial charge in [0.2, 0.25) is 0 Å². The van der Waals surface area contributed by atoms with Crippen LogP contribution >= 0.6 is 12.2 Å². The fourth-order valence-corrected chi connectivity index (χ4v) is 5.54. The first-order chi connectivity index (χ1) is 17.7. The molecule has 1 fully saturated rings. The van der Waals surface area contributed by atoms with Gasteiger partial charge in [0.05, 0.1) is 17.1 Å². The van der Waals surface area contributed by atoms with E-state index in [-0.39, 0.29) is 17.8 Å². The van der Waals surface area contributed by atoms with Gasteiger partial charge in [-0.15, -0.1) is 0 Å². The van der Waals surface area contributed by atoms with Crippen molar-refractivity contribution >= 4 is 28.4 Å². The largest absolute Gasteiger partial charge is 0.352 e. The molecule has 3 N–H and O–H groups in total. The zero-order valence-corrected chi connectivity index (χ0v) is 21.2. The van der Waals surface area contributed by atoms with E-state index in [9.17, 15) is 4.79 Å². The predicted octanol–water partition coefficient (Wildman–Crippen LogP) is 4.45. The molecule has 1 aliphatic rings. The van der Waals surface area contributed by atoms with Crippen molar-refractivity contribution in [3.05, 3.63) is 107 Å². The molecule has 0 aliphatic carbocycles. The molecule has 0 radical (unpaired) electrons. The molecule has 1 aromatic heterocycles. The van der Waals surface area contributed by atoms with Crippen LogP contribution in [0.1, 0.15) is 42.5 Å². The van der Waals surface area contributed by atoms with Crippen LogP contribution in [0.4, 0.5) is 0 Å². The first-order valence-electron chi connectivity index (χ1n) is 12.7. The number of hydrogen-bond acceptors (Lipinski definition) is 3. The second-order valence-electron chi connectivity index (χ2n) is 9.36. The van der Waals surface area contributed by atoms with Crippen molar-refractivity contribution in [1.82, 2.24) is 19.4 Å². The monoisotopic (exact) mass is 499 g/mol. The van der Waals surface area contributed by atoms with Gasteiger partial charge in [-0.25, -0.2) is 4.79 Å². The van der Waals surface area contributed by atoms with Gasteiger partial charge in [-0.1, -0.05) is 72.8 Å². The molecule has 0 spiro atoms. The van der Waals surface area contributed by atoms with Gasteiger partial charge in [0.1, 0.15) is 0 Å². The molecule has 0 amide bonds. The van der Waals surface area contributed by atoms with E-state index in [2.05, 4.69) is 64.8 Å². The molecule has 0 unspecified atom stereocenters. The van der Waals surface area contributed by atoms with Crippen molar-refractivity contribution in [2.24, 2.45) is 5.73 Å². The van der Waals surface area contributed by atoms with Gasteiger partial charge in [-0.2, -0.15) is 0 Å². The molecule has 7 heteroatoms. The van der Waals surface area contributed by atoms with Crippen molar-refractivity contribution < 1.29 is 0 Å². The number of piperidine rings is 1. The standard InChI is InChI=1S/C29H33N5OS/c30-18-9-19-33-25-14-7-8-15-26(25)34(29(33)35)24-16-20-32(21-17-24)28(36)31-27(22-10-3-1-4-11-22)23-12-5-2-6-13-23/h1-8,10-15,24,27H,9,16-21,30H2,(H,31,36). The number of para-hydroxylation sites is 2. The van der Waals surface area contributed by atoms with Crippen molar-refractivity contribution in [1.29, 1.82) is 0 Å². The molecule has 36 heavy (non-hydrogen) atoms.